The van der Waals surface area contributed by atoms with Gasteiger partial charge in [-0.2, -0.15) is 0 Å². The summed E-state index contributed by atoms with van der Waals surface area (Å²) in [5.41, 5.74) is 9.26. The van der Waals surface area contributed by atoms with Crippen LogP contribution in [-0.2, 0) is 0 Å². The fraction of sp³-hybridized carbons (Fsp3) is 0.562. The number of aromatic nitrogens is 3. The van der Waals surface area contributed by atoms with Crippen molar-refractivity contribution in [2.45, 2.75) is 119 Å². The number of nitrogens with zero attached hydrogens (tertiary/aromatic N) is 2. The highest BCUT2D eigenvalue weighted by Gasteiger charge is 2.16. The number of nitrogens with one attached hydrogen (secondary N) is 1. The zero-order valence-electron chi connectivity index (χ0n) is 24.6. The number of hydrogen-bond donors (Lipinski definition) is 1. The maximum absolute atomic E-state index is 4.77. The normalized spacial score (nSPS) is 12.3. The fourth-order valence-corrected chi connectivity index (χ4v) is 5.65. The number of thiazole rings is 1. The van der Waals surface area contributed by atoms with Gasteiger partial charge in [-0.1, -0.05) is 83.1 Å². The summed E-state index contributed by atoms with van der Waals surface area (Å²) in [6.45, 7) is 26.9. The summed E-state index contributed by atoms with van der Waals surface area (Å²) in [6, 6.07) is 9.21. The van der Waals surface area contributed by atoms with E-state index in [4.69, 9.17) is 9.97 Å². The van der Waals surface area contributed by atoms with Crippen LogP contribution in [0.5, 0.6) is 0 Å². The molecule has 4 aromatic rings. The number of aromatic amines is 1. The van der Waals surface area contributed by atoms with Crippen LogP contribution in [0.3, 0.4) is 0 Å². The fourth-order valence-electron chi connectivity index (χ4n) is 4.65. The molecule has 196 valence electrons. The maximum atomic E-state index is 4.77. The van der Waals surface area contributed by atoms with Gasteiger partial charge in [0.15, 0.2) is 0 Å². The van der Waals surface area contributed by atoms with Crippen LogP contribution in [0.25, 0.3) is 21.3 Å². The molecule has 0 aliphatic carbocycles. The number of imidazole rings is 1. The second-order valence-electron chi connectivity index (χ2n) is 12.0. The van der Waals surface area contributed by atoms with Crippen LogP contribution in [0, 0.1) is 0 Å². The van der Waals surface area contributed by atoms with Crippen LogP contribution >= 0.6 is 11.3 Å². The van der Waals surface area contributed by atoms with E-state index in [0.29, 0.717) is 35.5 Å². The summed E-state index contributed by atoms with van der Waals surface area (Å²) in [5, 5.41) is 1.25. The zero-order valence-corrected chi connectivity index (χ0v) is 25.4. The molecule has 0 amide bonds. The Kier molecular flexibility index (Phi) is 9.03. The SMILES string of the molecule is CC(C)c1nc2cc(C(C)C)c(C(C)C)cc2[nH]1.CC(C)c1nc2cc(C(C)C)c(C(C)C)cc2s1. The molecule has 2 heterocycles. The van der Waals surface area contributed by atoms with Crippen molar-refractivity contribution in [1.82, 2.24) is 15.0 Å². The Balaban J connectivity index is 0.000000201. The van der Waals surface area contributed by atoms with Gasteiger partial charge < -0.3 is 4.98 Å². The molecule has 0 aliphatic rings. The van der Waals surface area contributed by atoms with E-state index in [2.05, 4.69) is 112 Å². The lowest BCUT2D eigenvalue weighted by molar-refractivity contribution is 0.792. The van der Waals surface area contributed by atoms with Crippen molar-refractivity contribution in [3.63, 3.8) is 0 Å². The molecule has 0 spiro atoms. The van der Waals surface area contributed by atoms with E-state index in [-0.39, 0.29) is 0 Å². The summed E-state index contributed by atoms with van der Waals surface area (Å²) in [7, 11) is 0. The lowest BCUT2D eigenvalue weighted by Gasteiger charge is -2.15. The molecule has 4 rings (SSSR count). The topological polar surface area (TPSA) is 41.6 Å². The van der Waals surface area contributed by atoms with Crippen LogP contribution in [-0.4, -0.2) is 15.0 Å². The third kappa shape index (κ3) is 6.19. The van der Waals surface area contributed by atoms with Crippen molar-refractivity contribution in [2.75, 3.05) is 0 Å². The second kappa shape index (κ2) is 11.5. The summed E-state index contributed by atoms with van der Waals surface area (Å²) in [6.07, 6.45) is 0. The Labute approximate surface area is 223 Å². The lowest BCUT2D eigenvalue weighted by atomic mass is 9.90. The monoisotopic (exact) mass is 505 g/mol. The van der Waals surface area contributed by atoms with Crippen molar-refractivity contribution in [2.24, 2.45) is 0 Å². The highest BCUT2D eigenvalue weighted by Crippen LogP contribution is 2.35. The highest BCUT2D eigenvalue weighted by atomic mass is 32.1. The molecule has 1 N–H and O–H groups in total. The first-order valence-electron chi connectivity index (χ1n) is 13.8. The molecule has 4 heteroatoms. The van der Waals surface area contributed by atoms with Crippen molar-refractivity contribution >= 4 is 32.6 Å². The summed E-state index contributed by atoms with van der Waals surface area (Å²) in [4.78, 5) is 12.9. The van der Waals surface area contributed by atoms with E-state index in [1.165, 1.54) is 43.0 Å². The molecular formula is C32H47N3S. The number of hydrogen-bond acceptors (Lipinski definition) is 3. The standard InChI is InChI=1S/C16H24N2.C16H23NS/c2*1-9(2)12-7-14-15(8-13(12)10(3)4)18-16(17-14)11(5)6/h7-11H,1-6H3,(H,17,18);7-11H,1-6H3. The molecule has 0 saturated carbocycles. The van der Waals surface area contributed by atoms with E-state index in [9.17, 15) is 0 Å². The molecule has 0 atom stereocenters. The minimum Gasteiger partial charge on any atom is -0.342 e. The summed E-state index contributed by atoms with van der Waals surface area (Å²) < 4.78 is 1.34. The smallest absolute Gasteiger partial charge is 0.109 e. The Morgan fingerprint density at radius 1 is 0.528 bits per heavy atom. The first kappa shape index (κ1) is 28.4. The molecule has 0 bridgehead atoms. The van der Waals surface area contributed by atoms with Crippen molar-refractivity contribution in [1.29, 1.82) is 0 Å². The first-order valence-corrected chi connectivity index (χ1v) is 14.6. The molecular weight excluding hydrogens is 458 g/mol. The Bertz CT molecular complexity index is 1110. The quantitative estimate of drug-likeness (QED) is 0.283. The molecule has 0 fully saturated rings. The lowest BCUT2D eigenvalue weighted by Crippen LogP contribution is -1.98. The van der Waals surface area contributed by atoms with E-state index < -0.39 is 0 Å². The summed E-state index contributed by atoms with van der Waals surface area (Å²) in [5.74, 6) is 4.30. The molecule has 0 aliphatic heterocycles. The van der Waals surface area contributed by atoms with E-state index in [1.807, 2.05) is 11.3 Å². The van der Waals surface area contributed by atoms with Crippen LogP contribution in [0.2, 0.25) is 0 Å². The van der Waals surface area contributed by atoms with Crippen molar-refractivity contribution in [3.05, 3.63) is 57.4 Å². The maximum Gasteiger partial charge on any atom is 0.109 e. The Morgan fingerprint density at radius 2 is 1.00 bits per heavy atom. The van der Waals surface area contributed by atoms with Gasteiger partial charge in [0, 0.05) is 11.8 Å². The van der Waals surface area contributed by atoms with E-state index in [1.54, 1.807) is 0 Å². The molecule has 0 unspecified atom stereocenters. The number of fused-ring (bicyclic) bond motifs is 2. The number of rotatable bonds is 6. The van der Waals surface area contributed by atoms with Crippen LogP contribution in [0.15, 0.2) is 24.3 Å². The van der Waals surface area contributed by atoms with E-state index >= 15 is 0 Å². The second-order valence-corrected chi connectivity index (χ2v) is 13.1. The Morgan fingerprint density at radius 3 is 1.47 bits per heavy atom. The van der Waals surface area contributed by atoms with Gasteiger partial charge in [0.25, 0.3) is 0 Å². The average Bonchev–Trinajstić information content (AvgIpc) is 3.41. The molecule has 3 nitrogen and oxygen atoms in total. The third-order valence-corrected chi connectivity index (χ3v) is 8.16. The van der Waals surface area contributed by atoms with Crippen molar-refractivity contribution < 1.29 is 0 Å². The zero-order chi connectivity index (χ0) is 26.9. The van der Waals surface area contributed by atoms with Gasteiger partial charge in [-0.3, -0.25) is 0 Å². The molecule has 2 aromatic carbocycles. The Hall–Kier alpha value is -2.20. The van der Waals surface area contributed by atoms with Gasteiger partial charge in [0.1, 0.15) is 5.82 Å². The predicted octanol–water partition coefficient (Wildman–Crippen LogP) is 10.6. The minimum atomic E-state index is 0.447. The number of H-pyrrole nitrogens is 1. The van der Waals surface area contributed by atoms with E-state index in [0.717, 1.165) is 11.3 Å². The predicted molar refractivity (Wildman–Crippen MR) is 160 cm³/mol. The third-order valence-electron chi connectivity index (χ3n) is 6.84. The summed E-state index contributed by atoms with van der Waals surface area (Å²) >= 11 is 1.85. The molecule has 36 heavy (non-hydrogen) atoms. The van der Waals surface area contributed by atoms with Gasteiger partial charge in [-0.15, -0.1) is 11.3 Å². The van der Waals surface area contributed by atoms with Gasteiger partial charge >= 0.3 is 0 Å². The van der Waals surface area contributed by atoms with Crippen LogP contribution in [0.1, 0.15) is 152 Å². The van der Waals surface area contributed by atoms with Crippen LogP contribution < -0.4 is 0 Å². The molecule has 2 aromatic heterocycles. The van der Waals surface area contributed by atoms with Gasteiger partial charge in [-0.25, -0.2) is 9.97 Å². The van der Waals surface area contributed by atoms with Gasteiger partial charge in [-0.05, 0) is 70.2 Å². The largest absolute Gasteiger partial charge is 0.342 e. The van der Waals surface area contributed by atoms with Crippen molar-refractivity contribution in [3.8, 4) is 0 Å². The van der Waals surface area contributed by atoms with Gasteiger partial charge in [0.05, 0.1) is 26.3 Å². The van der Waals surface area contributed by atoms with Gasteiger partial charge in [0.2, 0.25) is 0 Å². The first-order chi connectivity index (χ1) is 16.8. The molecule has 0 radical (unpaired) electrons. The number of benzene rings is 2. The highest BCUT2D eigenvalue weighted by molar-refractivity contribution is 7.18. The molecule has 0 saturated heterocycles. The minimum absolute atomic E-state index is 0.447. The average molecular weight is 506 g/mol. The van der Waals surface area contributed by atoms with Crippen LogP contribution in [0.4, 0.5) is 0 Å².